The first-order chi connectivity index (χ1) is 16.9. The van der Waals surface area contributed by atoms with Crippen molar-refractivity contribution in [2.45, 2.75) is 57.7 Å². The molecule has 0 radical (unpaired) electrons. The van der Waals surface area contributed by atoms with Crippen LogP contribution in [-0.2, 0) is 11.3 Å². The monoisotopic (exact) mass is 484 g/mol. The maximum atomic E-state index is 12.9. The van der Waals surface area contributed by atoms with Crippen molar-refractivity contribution in [1.29, 1.82) is 0 Å². The molecular formula is C23H26F2N8O2. The summed E-state index contributed by atoms with van der Waals surface area (Å²) in [5, 5.41) is 14.9. The molecule has 0 bridgehead atoms. The normalized spacial score (nSPS) is 18.3. The van der Waals surface area contributed by atoms with E-state index in [0.717, 1.165) is 36.8 Å². The smallest absolute Gasteiger partial charge is 0.258 e. The molecule has 12 heteroatoms. The molecule has 1 amide bonds. The Kier molecular flexibility index (Phi) is 6.18. The van der Waals surface area contributed by atoms with Gasteiger partial charge in [-0.1, -0.05) is 11.3 Å². The zero-order valence-electron chi connectivity index (χ0n) is 19.4. The van der Waals surface area contributed by atoms with Gasteiger partial charge < -0.3 is 20.4 Å². The minimum Gasteiger partial charge on any atom is -0.480 e. The molecule has 3 N–H and O–H groups in total. The Hall–Kier alpha value is -3.83. The van der Waals surface area contributed by atoms with Crippen molar-refractivity contribution in [2.75, 3.05) is 12.4 Å². The number of anilines is 1. The fourth-order valence-electron chi connectivity index (χ4n) is 4.69. The summed E-state index contributed by atoms with van der Waals surface area (Å²) in [6.07, 6.45) is 2.84. The summed E-state index contributed by atoms with van der Waals surface area (Å²) in [6.45, 7) is 1.01. The van der Waals surface area contributed by atoms with E-state index in [-0.39, 0.29) is 18.0 Å². The summed E-state index contributed by atoms with van der Waals surface area (Å²) >= 11 is 0. The Balaban J connectivity index is 1.42. The van der Waals surface area contributed by atoms with E-state index in [2.05, 4.69) is 35.9 Å². The summed E-state index contributed by atoms with van der Waals surface area (Å²) in [4.78, 5) is 23.7. The van der Waals surface area contributed by atoms with Gasteiger partial charge in [0.15, 0.2) is 0 Å². The highest BCUT2D eigenvalue weighted by Crippen LogP contribution is 2.35. The number of nitrogens with zero attached hydrogens (tertiary/aromatic N) is 5. The zero-order chi connectivity index (χ0) is 24.5. The number of carbonyl (C=O) groups excluding carboxylic acids is 1. The highest BCUT2D eigenvalue weighted by atomic mass is 19.3. The quantitative estimate of drug-likeness (QED) is 0.367. The van der Waals surface area contributed by atoms with E-state index < -0.39 is 13.0 Å². The van der Waals surface area contributed by atoms with Gasteiger partial charge in [0.1, 0.15) is 17.7 Å². The first kappa shape index (κ1) is 22.9. The van der Waals surface area contributed by atoms with E-state index in [9.17, 15) is 13.6 Å². The number of methoxy groups -OCH3 is 1. The van der Waals surface area contributed by atoms with Gasteiger partial charge in [-0.25, -0.2) is 13.5 Å². The predicted octanol–water partition coefficient (Wildman–Crippen LogP) is 3.50. The SMILES string of the molecule is COc1nc(NC2CCC(NC(C)=O)CC2)nc2[nH]cc(-c3ccc4nnn(CC(F)F)c4c3)c12. The van der Waals surface area contributed by atoms with Crippen molar-refractivity contribution < 1.29 is 18.3 Å². The number of fused-ring (bicyclic) bond motifs is 2. The summed E-state index contributed by atoms with van der Waals surface area (Å²) < 4.78 is 32.7. The van der Waals surface area contributed by atoms with Crippen LogP contribution < -0.4 is 15.4 Å². The third-order valence-electron chi connectivity index (χ3n) is 6.30. The molecular weight excluding hydrogens is 458 g/mol. The maximum absolute atomic E-state index is 12.9. The van der Waals surface area contributed by atoms with Crippen molar-refractivity contribution >= 4 is 33.9 Å². The van der Waals surface area contributed by atoms with Gasteiger partial charge in [-0.2, -0.15) is 9.97 Å². The molecule has 1 aliphatic carbocycles. The molecule has 1 aliphatic rings. The number of H-pyrrole nitrogens is 1. The van der Waals surface area contributed by atoms with Gasteiger partial charge in [-0.3, -0.25) is 4.79 Å². The lowest BCUT2D eigenvalue weighted by Gasteiger charge is -2.29. The van der Waals surface area contributed by atoms with Crippen LogP contribution in [0.1, 0.15) is 32.6 Å². The van der Waals surface area contributed by atoms with Crippen LogP contribution in [0.25, 0.3) is 33.2 Å². The number of hydrogen-bond donors (Lipinski definition) is 3. The van der Waals surface area contributed by atoms with Gasteiger partial charge in [0.25, 0.3) is 6.43 Å². The Morgan fingerprint density at radius 2 is 2.00 bits per heavy atom. The molecule has 3 heterocycles. The average Bonchev–Trinajstić information content (AvgIpc) is 3.43. The van der Waals surface area contributed by atoms with Crippen molar-refractivity contribution in [1.82, 2.24) is 35.3 Å². The van der Waals surface area contributed by atoms with Crippen LogP contribution >= 0.6 is 0 Å². The number of aromatic amines is 1. The van der Waals surface area contributed by atoms with Gasteiger partial charge in [0.05, 0.1) is 18.0 Å². The van der Waals surface area contributed by atoms with Crippen molar-refractivity contribution in [3.8, 4) is 17.0 Å². The second kappa shape index (κ2) is 9.43. The zero-order valence-corrected chi connectivity index (χ0v) is 19.4. The summed E-state index contributed by atoms with van der Waals surface area (Å²) in [6, 6.07) is 5.78. The molecule has 1 aromatic carbocycles. The average molecular weight is 485 g/mol. The molecule has 1 fully saturated rings. The highest BCUT2D eigenvalue weighted by Gasteiger charge is 2.23. The van der Waals surface area contributed by atoms with Gasteiger partial charge in [-0.15, -0.1) is 5.10 Å². The number of rotatable bonds is 7. The number of amides is 1. The van der Waals surface area contributed by atoms with Gasteiger partial charge in [-0.05, 0) is 43.4 Å². The molecule has 1 saturated carbocycles. The van der Waals surface area contributed by atoms with Gasteiger partial charge >= 0.3 is 0 Å². The molecule has 35 heavy (non-hydrogen) atoms. The van der Waals surface area contributed by atoms with Crippen LogP contribution in [0.5, 0.6) is 5.88 Å². The maximum Gasteiger partial charge on any atom is 0.258 e. The molecule has 3 aromatic heterocycles. The molecule has 0 saturated heterocycles. The summed E-state index contributed by atoms with van der Waals surface area (Å²) in [7, 11) is 1.55. The minimum atomic E-state index is -2.53. The second-order valence-electron chi connectivity index (χ2n) is 8.74. The van der Waals surface area contributed by atoms with E-state index in [1.807, 2.05) is 6.07 Å². The van der Waals surface area contributed by atoms with E-state index in [4.69, 9.17) is 4.74 Å². The molecule has 0 atom stereocenters. The topological polar surface area (TPSA) is 123 Å². The summed E-state index contributed by atoms with van der Waals surface area (Å²) in [5.74, 6) is 0.858. The number of nitrogens with one attached hydrogen (secondary N) is 3. The van der Waals surface area contributed by atoms with Crippen LogP contribution in [0.2, 0.25) is 0 Å². The molecule has 5 rings (SSSR count). The highest BCUT2D eigenvalue weighted by molar-refractivity contribution is 5.99. The minimum absolute atomic E-state index is 0.00336. The lowest BCUT2D eigenvalue weighted by atomic mass is 9.91. The van der Waals surface area contributed by atoms with Crippen molar-refractivity contribution in [3.63, 3.8) is 0 Å². The number of ether oxygens (including phenoxy) is 1. The van der Waals surface area contributed by atoms with Crippen LogP contribution in [0.4, 0.5) is 14.7 Å². The largest absolute Gasteiger partial charge is 0.480 e. The number of aromatic nitrogens is 6. The van der Waals surface area contributed by atoms with Gasteiger partial charge in [0.2, 0.25) is 17.7 Å². The molecule has 0 aliphatic heterocycles. The molecule has 0 unspecified atom stereocenters. The van der Waals surface area contributed by atoms with E-state index in [1.54, 1.807) is 25.4 Å². The third-order valence-corrected chi connectivity index (χ3v) is 6.30. The number of alkyl halides is 2. The predicted molar refractivity (Wildman–Crippen MR) is 126 cm³/mol. The van der Waals surface area contributed by atoms with Crippen LogP contribution in [0.3, 0.4) is 0 Å². The third kappa shape index (κ3) is 4.73. The fraction of sp³-hybridized carbons (Fsp3) is 0.435. The van der Waals surface area contributed by atoms with E-state index in [0.29, 0.717) is 33.9 Å². The number of hydrogen-bond acceptors (Lipinski definition) is 7. The lowest BCUT2D eigenvalue weighted by Crippen LogP contribution is -2.39. The standard InChI is InChI=1S/C23H26F2N8O2/c1-12(34)27-14-4-6-15(7-5-14)28-23-29-21-20(22(30-23)35-2)16(10-26-21)13-3-8-17-18(9-13)33(32-31-17)11-19(24)25/h3,8-10,14-15,19H,4-7,11H2,1-2H3,(H,27,34)(H2,26,28,29,30). The van der Waals surface area contributed by atoms with E-state index >= 15 is 0 Å². The van der Waals surface area contributed by atoms with Gasteiger partial charge in [0, 0.05) is 30.8 Å². The van der Waals surface area contributed by atoms with E-state index in [1.165, 1.54) is 11.6 Å². The fourth-order valence-corrected chi connectivity index (χ4v) is 4.69. The number of carbonyl (C=O) groups is 1. The lowest BCUT2D eigenvalue weighted by molar-refractivity contribution is -0.119. The van der Waals surface area contributed by atoms with Crippen LogP contribution in [-0.4, -0.2) is 61.5 Å². The molecule has 10 nitrogen and oxygen atoms in total. The van der Waals surface area contributed by atoms with Crippen molar-refractivity contribution in [3.05, 3.63) is 24.4 Å². The Labute approximate surface area is 199 Å². The molecule has 4 aromatic rings. The van der Waals surface area contributed by atoms with Crippen LogP contribution in [0, 0.1) is 0 Å². The van der Waals surface area contributed by atoms with Crippen LogP contribution in [0.15, 0.2) is 24.4 Å². The Morgan fingerprint density at radius 1 is 1.23 bits per heavy atom. The number of halogens is 2. The number of benzene rings is 1. The summed E-state index contributed by atoms with van der Waals surface area (Å²) in [5.41, 5.74) is 3.22. The first-order valence-corrected chi connectivity index (χ1v) is 11.5. The Morgan fingerprint density at radius 3 is 2.71 bits per heavy atom. The second-order valence-corrected chi connectivity index (χ2v) is 8.74. The van der Waals surface area contributed by atoms with Crippen molar-refractivity contribution in [2.24, 2.45) is 0 Å². The molecule has 0 spiro atoms. The molecule has 184 valence electrons. The Bertz CT molecular complexity index is 1360. The first-order valence-electron chi connectivity index (χ1n) is 11.5.